The highest BCUT2D eigenvalue weighted by Crippen LogP contribution is 2.27. The van der Waals surface area contributed by atoms with Crippen molar-refractivity contribution in [2.75, 3.05) is 13.1 Å². The number of hydrogen-bond donors (Lipinski definition) is 2. The van der Waals surface area contributed by atoms with Gasteiger partial charge in [0.2, 0.25) is 0 Å². The van der Waals surface area contributed by atoms with E-state index < -0.39 is 0 Å². The predicted octanol–water partition coefficient (Wildman–Crippen LogP) is 2.99. The van der Waals surface area contributed by atoms with Crippen LogP contribution in [-0.4, -0.2) is 50.8 Å². The van der Waals surface area contributed by atoms with Gasteiger partial charge in [-0.1, -0.05) is 6.07 Å². The number of aliphatic hydroxyl groups excluding tert-OH is 1. The Morgan fingerprint density at radius 2 is 1.88 bits per heavy atom. The predicted molar refractivity (Wildman–Crippen MR) is 101 cm³/mol. The molecule has 6 heteroatoms. The Morgan fingerprint density at radius 3 is 2.62 bits per heavy atom. The molecule has 1 saturated carbocycles. The normalized spacial score (nSPS) is 24.8. The molecule has 2 heterocycles. The van der Waals surface area contributed by atoms with Gasteiger partial charge in [-0.25, -0.2) is 9.78 Å². The molecule has 0 bridgehead atoms. The number of rotatable bonds is 2. The first-order valence-corrected chi connectivity index (χ1v) is 9.77. The molecular formula is C20H28N4O2. The van der Waals surface area contributed by atoms with Crippen LogP contribution < -0.4 is 5.32 Å². The van der Waals surface area contributed by atoms with Crippen LogP contribution in [0.4, 0.5) is 4.79 Å². The fraction of sp³-hybridized carbons (Fsp3) is 0.600. The molecule has 4 rings (SSSR count). The number of aryl methyl sites for hydroxylation is 1. The van der Waals surface area contributed by atoms with Crippen molar-refractivity contribution in [3.63, 3.8) is 0 Å². The van der Waals surface area contributed by atoms with E-state index in [9.17, 15) is 9.90 Å². The summed E-state index contributed by atoms with van der Waals surface area (Å²) in [7, 11) is 0. The van der Waals surface area contributed by atoms with Crippen molar-refractivity contribution in [3.05, 3.63) is 30.1 Å². The van der Waals surface area contributed by atoms with Gasteiger partial charge in [0.1, 0.15) is 0 Å². The number of piperidine rings is 1. The molecule has 0 unspecified atom stereocenters. The molecule has 2 N–H and O–H groups in total. The molecule has 140 valence electrons. The number of carbonyl (C=O) groups is 1. The Kier molecular flexibility index (Phi) is 4.85. The van der Waals surface area contributed by atoms with Crippen LogP contribution in [0.3, 0.4) is 0 Å². The summed E-state index contributed by atoms with van der Waals surface area (Å²) in [6.07, 6.45) is 7.01. The van der Waals surface area contributed by atoms with Crippen LogP contribution in [0.5, 0.6) is 0 Å². The zero-order valence-corrected chi connectivity index (χ0v) is 15.4. The zero-order chi connectivity index (χ0) is 18.1. The Labute approximate surface area is 154 Å². The van der Waals surface area contributed by atoms with Crippen molar-refractivity contribution in [2.24, 2.45) is 0 Å². The lowest BCUT2D eigenvalue weighted by molar-refractivity contribution is 0.113. The van der Waals surface area contributed by atoms with Gasteiger partial charge in [0.15, 0.2) is 0 Å². The van der Waals surface area contributed by atoms with Crippen LogP contribution in [0.25, 0.3) is 11.0 Å². The summed E-state index contributed by atoms with van der Waals surface area (Å²) in [6.45, 7) is 3.64. The molecule has 0 radical (unpaired) electrons. The van der Waals surface area contributed by atoms with Crippen molar-refractivity contribution in [1.82, 2.24) is 19.8 Å². The average Bonchev–Trinajstić information content (AvgIpc) is 3.06. The van der Waals surface area contributed by atoms with Crippen molar-refractivity contribution in [2.45, 2.75) is 63.6 Å². The van der Waals surface area contributed by atoms with Gasteiger partial charge in [0, 0.05) is 25.2 Å². The minimum absolute atomic E-state index is 0.0518. The van der Waals surface area contributed by atoms with Gasteiger partial charge in [-0.3, -0.25) is 0 Å². The Morgan fingerprint density at radius 1 is 1.15 bits per heavy atom. The molecule has 6 nitrogen and oxygen atoms in total. The SMILES string of the molecule is Cc1ccc2c(c1)ncn2C1CCN(C(=O)NC2CCC(O)CC2)CC1. The summed E-state index contributed by atoms with van der Waals surface area (Å²) in [5.74, 6) is 0. The van der Waals surface area contributed by atoms with E-state index in [-0.39, 0.29) is 18.2 Å². The number of nitrogens with zero attached hydrogens (tertiary/aromatic N) is 3. The highest BCUT2D eigenvalue weighted by Gasteiger charge is 2.27. The van der Waals surface area contributed by atoms with Gasteiger partial charge in [0.25, 0.3) is 0 Å². The van der Waals surface area contributed by atoms with Crippen LogP contribution in [0.2, 0.25) is 0 Å². The second-order valence-corrected chi connectivity index (χ2v) is 7.82. The second kappa shape index (κ2) is 7.27. The topological polar surface area (TPSA) is 70.4 Å². The zero-order valence-electron chi connectivity index (χ0n) is 15.4. The van der Waals surface area contributed by atoms with E-state index in [4.69, 9.17) is 0 Å². The maximum Gasteiger partial charge on any atom is 0.317 e. The van der Waals surface area contributed by atoms with Gasteiger partial charge < -0.3 is 19.9 Å². The monoisotopic (exact) mass is 356 g/mol. The molecule has 1 aliphatic carbocycles. The fourth-order valence-corrected chi connectivity index (χ4v) is 4.27. The maximum absolute atomic E-state index is 12.5. The summed E-state index contributed by atoms with van der Waals surface area (Å²) in [5.41, 5.74) is 3.45. The molecule has 1 aromatic heterocycles. The molecule has 0 atom stereocenters. The van der Waals surface area contributed by atoms with Crippen molar-refractivity contribution in [1.29, 1.82) is 0 Å². The van der Waals surface area contributed by atoms with E-state index in [1.54, 1.807) is 0 Å². The van der Waals surface area contributed by atoms with E-state index in [0.29, 0.717) is 6.04 Å². The maximum atomic E-state index is 12.5. The molecular weight excluding hydrogens is 328 g/mol. The van der Waals surface area contributed by atoms with E-state index in [0.717, 1.165) is 57.1 Å². The number of urea groups is 1. The van der Waals surface area contributed by atoms with Gasteiger partial charge in [0.05, 0.1) is 23.5 Å². The molecule has 2 fully saturated rings. The van der Waals surface area contributed by atoms with Gasteiger partial charge in [-0.05, 0) is 63.1 Å². The molecule has 2 amide bonds. The minimum Gasteiger partial charge on any atom is -0.393 e. The number of nitrogens with one attached hydrogen (secondary N) is 1. The molecule has 2 aliphatic rings. The standard InChI is InChI=1S/C20H28N4O2/c1-14-2-7-19-18(12-14)21-13-24(19)16-8-10-23(11-9-16)20(26)22-15-3-5-17(25)6-4-15/h2,7,12-13,15-17,25H,3-6,8-11H2,1H3,(H,22,26). The number of likely N-dealkylation sites (tertiary alicyclic amines) is 1. The van der Waals surface area contributed by atoms with Gasteiger partial charge in [-0.2, -0.15) is 0 Å². The van der Waals surface area contributed by atoms with E-state index in [1.165, 1.54) is 11.1 Å². The number of amides is 2. The number of aromatic nitrogens is 2. The quantitative estimate of drug-likeness (QED) is 0.869. The first-order valence-electron chi connectivity index (χ1n) is 9.77. The summed E-state index contributed by atoms with van der Waals surface area (Å²) >= 11 is 0. The summed E-state index contributed by atoms with van der Waals surface area (Å²) in [4.78, 5) is 19.0. The minimum atomic E-state index is -0.187. The van der Waals surface area contributed by atoms with Crippen LogP contribution in [-0.2, 0) is 0 Å². The van der Waals surface area contributed by atoms with Crippen LogP contribution in [0.15, 0.2) is 24.5 Å². The average molecular weight is 356 g/mol. The number of fused-ring (bicyclic) bond motifs is 1. The molecule has 26 heavy (non-hydrogen) atoms. The molecule has 1 saturated heterocycles. The van der Waals surface area contributed by atoms with Crippen LogP contribution in [0, 0.1) is 6.92 Å². The summed E-state index contributed by atoms with van der Waals surface area (Å²) in [6, 6.07) is 7.06. The largest absolute Gasteiger partial charge is 0.393 e. The summed E-state index contributed by atoms with van der Waals surface area (Å²) in [5, 5.41) is 12.7. The van der Waals surface area contributed by atoms with Crippen molar-refractivity contribution < 1.29 is 9.90 Å². The number of carbonyl (C=O) groups excluding carboxylic acids is 1. The van der Waals surface area contributed by atoms with E-state index >= 15 is 0 Å². The molecule has 0 spiro atoms. The highest BCUT2D eigenvalue weighted by atomic mass is 16.3. The van der Waals surface area contributed by atoms with Gasteiger partial charge in [-0.15, -0.1) is 0 Å². The number of benzene rings is 1. The number of hydrogen-bond acceptors (Lipinski definition) is 3. The third-order valence-corrected chi connectivity index (χ3v) is 5.90. The van der Waals surface area contributed by atoms with E-state index in [2.05, 4.69) is 40.0 Å². The third-order valence-electron chi connectivity index (χ3n) is 5.90. The second-order valence-electron chi connectivity index (χ2n) is 7.82. The number of imidazole rings is 1. The van der Waals surface area contributed by atoms with Crippen LogP contribution in [0.1, 0.15) is 50.1 Å². The first-order chi connectivity index (χ1) is 12.6. The lowest BCUT2D eigenvalue weighted by Gasteiger charge is -2.35. The molecule has 2 aromatic rings. The Hall–Kier alpha value is -2.08. The van der Waals surface area contributed by atoms with E-state index in [1.807, 2.05) is 11.2 Å². The van der Waals surface area contributed by atoms with Crippen molar-refractivity contribution >= 4 is 17.1 Å². The summed E-state index contributed by atoms with van der Waals surface area (Å²) < 4.78 is 2.27. The fourth-order valence-electron chi connectivity index (χ4n) is 4.27. The Balaban J connectivity index is 1.34. The Bertz CT molecular complexity index is 771. The number of aliphatic hydroxyl groups is 1. The molecule has 1 aromatic carbocycles. The lowest BCUT2D eigenvalue weighted by Crippen LogP contribution is -2.49. The third kappa shape index (κ3) is 3.56. The first kappa shape index (κ1) is 17.3. The smallest absolute Gasteiger partial charge is 0.317 e. The lowest BCUT2D eigenvalue weighted by atomic mass is 9.93. The highest BCUT2D eigenvalue weighted by molar-refractivity contribution is 5.76. The van der Waals surface area contributed by atoms with Crippen molar-refractivity contribution in [3.8, 4) is 0 Å². The van der Waals surface area contributed by atoms with Crippen LogP contribution >= 0.6 is 0 Å². The molecule has 1 aliphatic heterocycles. The van der Waals surface area contributed by atoms with Gasteiger partial charge >= 0.3 is 6.03 Å².